The van der Waals surface area contributed by atoms with E-state index in [0.29, 0.717) is 6.61 Å². The topological polar surface area (TPSA) is 93.5 Å². The van der Waals surface area contributed by atoms with Gasteiger partial charge in [-0.25, -0.2) is 13.1 Å². The fraction of sp³-hybridized carbons (Fsp3) is 0.500. The van der Waals surface area contributed by atoms with Crippen LogP contribution >= 0.6 is 0 Å². The van der Waals surface area contributed by atoms with E-state index in [1.165, 1.54) is 5.56 Å². The summed E-state index contributed by atoms with van der Waals surface area (Å²) in [6.45, 7) is 3.89. The molecule has 2 atom stereocenters. The number of sulfonamides is 1. The van der Waals surface area contributed by atoms with Gasteiger partial charge in [-0.1, -0.05) is 42.5 Å². The van der Waals surface area contributed by atoms with Crippen molar-refractivity contribution < 1.29 is 13.2 Å². The van der Waals surface area contributed by atoms with Gasteiger partial charge < -0.3 is 15.8 Å². The number of unbranched alkanes of at least 4 members (excludes halogenated alkanes) is 2. The molecule has 1 aliphatic heterocycles. The zero-order valence-corrected chi connectivity index (χ0v) is 19.2. The summed E-state index contributed by atoms with van der Waals surface area (Å²) in [6, 6.07) is 16.6. The summed E-state index contributed by atoms with van der Waals surface area (Å²) in [4.78, 5) is 0. The Hall–Kier alpha value is -1.93. The van der Waals surface area contributed by atoms with Gasteiger partial charge in [0.1, 0.15) is 5.75 Å². The van der Waals surface area contributed by atoms with Crippen LogP contribution in [0.2, 0.25) is 0 Å². The van der Waals surface area contributed by atoms with Crippen LogP contribution < -0.4 is 20.5 Å². The Morgan fingerprint density at radius 1 is 1.13 bits per heavy atom. The maximum atomic E-state index is 12.0. The normalized spacial score (nSPS) is 18.9. The summed E-state index contributed by atoms with van der Waals surface area (Å²) < 4.78 is 32.9. The van der Waals surface area contributed by atoms with Crippen LogP contribution in [0.1, 0.15) is 38.2 Å². The van der Waals surface area contributed by atoms with E-state index in [0.717, 1.165) is 62.1 Å². The Morgan fingerprint density at radius 2 is 1.97 bits per heavy atom. The molecule has 1 fully saturated rings. The first kappa shape index (κ1) is 23.7. The third-order valence-corrected chi connectivity index (χ3v) is 7.17. The Labute approximate surface area is 186 Å². The molecule has 0 saturated carbocycles. The highest BCUT2D eigenvalue weighted by Crippen LogP contribution is 2.31. The van der Waals surface area contributed by atoms with E-state index in [-0.39, 0.29) is 17.8 Å². The van der Waals surface area contributed by atoms with Crippen molar-refractivity contribution in [2.45, 2.75) is 51.1 Å². The second-order valence-corrected chi connectivity index (χ2v) is 10.1. The second-order valence-electron chi connectivity index (χ2n) is 8.08. The number of para-hydroxylation sites is 1. The van der Waals surface area contributed by atoms with Gasteiger partial charge in [-0.15, -0.1) is 0 Å². The number of hydrogen-bond acceptors (Lipinski definition) is 5. The molecule has 0 aromatic heterocycles. The molecule has 2 aromatic carbocycles. The molecular formula is C24H35N3O3S. The third kappa shape index (κ3) is 7.04. The molecule has 0 amide bonds. The molecule has 7 heteroatoms. The molecule has 0 radical (unpaired) electrons. The molecule has 2 unspecified atom stereocenters. The average molecular weight is 446 g/mol. The molecule has 2 aromatic rings. The van der Waals surface area contributed by atoms with Gasteiger partial charge in [0.25, 0.3) is 0 Å². The van der Waals surface area contributed by atoms with Crippen molar-refractivity contribution in [1.29, 1.82) is 0 Å². The maximum Gasteiger partial charge on any atom is 0.211 e. The van der Waals surface area contributed by atoms with Crippen molar-refractivity contribution in [1.82, 2.24) is 10.0 Å². The summed E-state index contributed by atoms with van der Waals surface area (Å²) in [7, 11) is -3.21. The predicted octanol–water partition coefficient (Wildman–Crippen LogP) is 3.07. The van der Waals surface area contributed by atoms with E-state index < -0.39 is 10.0 Å². The first-order chi connectivity index (χ1) is 15.0. The highest BCUT2D eigenvalue weighted by atomic mass is 32.2. The standard InChI is InChI=1S/C24H35N3O3S/c1-2-31(28,29)27-22-13-15-26-23(22)18-19-9-8-10-20(17-19)21-11-4-5-12-24(21)30-16-7-3-6-14-25/h4-5,8-12,17,22-23,26-27H,2-3,6-7,13-16,18,25H2,1H3. The van der Waals surface area contributed by atoms with Crippen LogP contribution in [0, 0.1) is 0 Å². The van der Waals surface area contributed by atoms with Gasteiger partial charge in [-0.05, 0) is 69.3 Å². The first-order valence-electron chi connectivity index (χ1n) is 11.3. The molecule has 170 valence electrons. The molecule has 0 spiro atoms. The lowest BCUT2D eigenvalue weighted by molar-refractivity contribution is 0.307. The molecule has 0 aliphatic carbocycles. The summed E-state index contributed by atoms with van der Waals surface area (Å²) >= 11 is 0. The van der Waals surface area contributed by atoms with Crippen molar-refractivity contribution in [2.75, 3.05) is 25.4 Å². The van der Waals surface area contributed by atoms with Gasteiger partial charge in [0.2, 0.25) is 10.0 Å². The Kier molecular flexibility index (Phi) is 8.90. The molecule has 4 N–H and O–H groups in total. The molecule has 6 nitrogen and oxygen atoms in total. The van der Waals surface area contributed by atoms with Gasteiger partial charge in [0, 0.05) is 17.6 Å². The minimum Gasteiger partial charge on any atom is -0.493 e. The molecule has 1 heterocycles. The summed E-state index contributed by atoms with van der Waals surface area (Å²) in [5.74, 6) is 0.995. The van der Waals surface area contributed by atoms with Crippen molar-refractivity contribution in [3.05, 3.63) is 54.1 Å². The van der Waals surface area contributed by atoms with E-state index in [1.54, 1.807) is 6.92 Å². The number of hydrogen-bond donors (Lipinski definition) is 3. The largest absolute Gasteiger partial charge is 0.493 e. The van der Waals surface area contributed by atoms with Gasteiger partial charge >= 0.3 is 0 Å². The average Bonchev–Trinajstić information content (AvgIpc) is 3.20. The number of ether oxygens (including phenoxy) is 1. The second kappa shape index (κ2) is 11.6. The van der Waals surface area contributed by atoms with Crippen LogP contribution in [0.3, 0.4) is 0 Å². The van der Waals surface area contributed by atoms with E-state index >= 15 is 0 Å². The van der Waals surface area contributed by atoms with Crippen LogP contribution in [0.15, 0.2) is 48.5 Å². The predicted molar refractivity (Wildman–Crippen MR) is 127 cm³/mol. The maximum absolute atomic E-state index is 12.0. The van der Waals surface area contributed by atoms with Crippen molar-refractivity contribution in [3.63, 3.8) is 0 Å². The monoisotopic (exact) mass is 445 g/mol. The Morgan fingerprint density at radius 3 is 2.77 bits per heavy atom. The van der Waals surface area contributed by atoms with E-state index in [1.807, 2.05) is 18.2 Å². The molecule has 1 saturated heterocycles. The zero-order chi connectivity index (χ0) is 22.1. The van der Waals surface area contributed by atoms with Gasteiger partial charge in [0.15, 0.2) is 0 Å². The summed E-state index contributed by atoms with van der Waals surface area (Å²) in [5.41, 5.74) is 8.92. The smallest absolute Gasteiger partial charge is 0.211 e. The highest BCUT2D eigenvalue weighted by molar-refractivity contribution is 7.89. The summed E-state index contributed by atoms with van der Waals surface area (Å²) in [5, 5.41) is 3.46. The lowest BCUT2D eigenvalue weighted by Crippen LogP contribution is -2.45. The van der Waals surface area contributed by atoms with Crippen LogP contribution in [0.5, 0.6) is 5.75 Å². The fourth-order valence-corrected chi connectivity index (χ4v) is 4.90. The van der Waals surface area contributed by atoms with E-state index in [4.69, 9.17) is 10.5 Å². The van der Waals surface area contributed by atoms with Crippen LogP contribution in [-0.4, -0.2) is 46.0 Å². The minimum atomic E-state index is -3.21. The lowest BCUT2D eigenvalue weighted by atomic mass is 9.97. The number of rotatable bonds is 12. The number of nitrogens with one attached hydrogen (secondary N) is 2. The van der Waals surface area contributed by atoms with Crippen LogP contribution in [0.4, 0.5) is 0 Å². The quantitative estimate of drug-likeness (QED) is 0.437. The molecule has 0 bridgehead atoms. The number of nitrogens with two attached hydrogens (primary N) is 1. The van der Waals surface area contributed by atoms with Gasteiger partial charge in [0.05, 0.1) is 12.4 Å². The van der Waals surface area contributed by atoms with Gasteiger partial charge in [-0.3, -0.25) is 0 Å². The first-order valence-corrected chi connectivity index (χ1v) is 12.9. The van der Waals surface area contributed by atoms with Crippen molar-refractivity contribution >= 4 is 10.0 Å². The van der Waals surface area contributed by atoms with E-state index in [2.05, 4.69) is 40.4 Å². The van der Waals surface area contributed by atoms with Crippen molar-refractivity contribution in [3.8, 4) is 16.9 Å². The lowest BCUT2D eigenvalue weighted by Gasteiger charge is -2.21. The van der Waals surface area contributed by atoms with Crippen LogP contribution in [-0.2, 0) is 16.4 Å². The fourth-order valence-electron chi connectivity index (χ4n) is 3.99. The van der Waals surface area contributed by atoms with Crippen molar-refractivity contribution in [2.24, 2.45) is 5.73 Å². The van der Waals surface area contributed by atoms with Crippen LogP contribution in [0.25, 0.3) is 11.1 Å². The Bertz CT molecular complexity index is 933. The SMILES string of the molecule is CCS(=O)(=O)NC1CCNC1Cc1cccc(-c2ccccc2OCCCCCN)c1. The molecule has 3 rings (SSSR count). The molecular weight excluding hydrogens is 410 g/mol. The van der Waals surface area contributed by atoms with E-state index in [9.17, 15) is 8.42 Å². The highest BCUT2D eigenvalue weighted by Gasteiger charge is 2.29. The third-order valence-electron chi connectivity index (χ3n) is 5.75. The molecule has 31 heavy (non-hydrogen) atoms. The van der Waals surface area contributed by atoms with Gasteiger partial charge in [-0.2, -0.15) is 0 Å². The number of benzene rings is 2. The Balaban J connectivity index is 1.69. The zero-order valence-electron chi connectivity index (χ0n) is 18.3. The summed E-state index contributed by atoms with van der Waals surface area (Å²) in [6.07, 6.45) is 4.68. The minimum absolute atomic E-state index is 0.0715. The molecule has 1 aliphatic rings.